The largest absolute Gasteiger partial charge is 0.460 e. The Balaban J connectivity index is 3.02. The molecule has 0 saturated heterocycles. The summed E-state index contributed by atoms with van der Waals surface area (Å²) in [6.45, 7) is 19.8. The molecule has 0 aliphatic rings. The van der Waals surface area contributed by atoms with Gasteiger partial charge in [-0.15, -0.1) is 12.3 Å². The Morgan fingerprint density at radius 2 is 1.36 bits per heavy atom. The second-order valence-electron chi connectivity index (χ2n) is 16.7. The van der Waals surface area contributed by atoms with E-state index in [1.165, 1.54) is 0 Å². The van der Waals surface area contributed by atoms with E-state index >= 15 is 0 Å². The third-order valence-electron chi connectivity index (χ3n) is 8.73. The van der Waals surface area contributed by atoms with E-state index in [1.807, 2.05) is 65.0 Å². The van der Waals surface area contributed by atoms with Gasteiger partial charge >= 0.3 is 5.97 Å². The van der Waals surface area contributed by atoms with Crippen LogP contribution in [0.5, 0.6) is 0 Å². The summed E-state index contributed by atoms with van der Waals surface area (Å²) < 4.78 is 39.0. The SMILES string of the molecule is C#CCCC(=O)[C@H](Cc1ccccc1)C(C)(C)NC(=O)[C@H](COC(C)(C)C)CC(=O)[C@H](CC(=O)OC(C)(C)C)NC(=O)COCCOCCOCCC(OCC)OCC. The molecule has 1 aromatic carbocycles. The number of ether oxygens (including phenoxy) is 7. The van der Waals surface area contributed by atoms with E-state index in [0.717, 1.165) is 5.56 Å². The molecule has 3 atom stereocenters. The van der Waals surface area contributed by atoms with E-state index in [0.29, 0.717) is 45.9 Å². The fourth-order valence-electron chi connectivity index (χ4n) is 5.86. The van der Waals surface area contributed by atoms with Gasteiger partial charge in [0.25, 0.3) is 0 Å². The van der Waals surface area contributed by atoms with Crippen molar-refractivity contribution < 1.29 is 57.1 Å². The Bertz CT molecular complexity index is 1440. The number of carbonyl (C=O) groups is 5. The molecule has 0 fully saturated rings. The maximum atomic E-state index is 14.1. The molecule has 0 spiro atoms. The zero-order valence-corrected chi connectivity index (χ0v) is 37.3. The predicted molar refractivity (Wildman–Crippen MR) is 224 cm³/mol. The highest BCUT2D eigenvalue weighted by Gasteiger charge is 2.39. The minimum atomic E-state index is -1.33. The Hall–Kier alpha value is -3.71. The van der Waals surface area contributed by atoms with Crippen LogP contribution in [0.3, 0.4) is 0 Å². The van der Waals surface area contributed by atoms with Crippen LogP contribution in [-0.2, 0) is 63.6 Å². The topological polar surface area (TPSA) is 174 Å². The third kappa shape index (κ3) is 24.8. The number of esters is 1. The van der Waals surface area contributed by atoms with Crippen LogP contribution in [0.4, 0.5) is 0 Å². The molecule has 59 heavy (non-hydrogen) atoms. The van der Waals surface area contributed by atoms with E-state index in [2.05, 4.69) is 16.6 Å². The van der Waals surface area contributed by atoms with Crippen LogP contribution in [0.25, 0.3) is 0 Å². The maximum absolute atomic E-state index is 14.1. The standard InChI is InChI=1S/C45H72N2O12/c1-12-15-21-37(48)35(28-33-19-17-16-18-20-33)45(10,11)47-42(52)34(31-58-43(4,5)6)29-38(49)36(30-40(51)59-44(7,8)9)46-39(50)32-55-27-26-54-25-24-53-23-22-41(56-13-2)57-14-3/h1,16-20,34-36,41H,13-15,21-32H2,2-11H3,(H,46,50)(H,47,52)/t34-,35-,36-/m0/s1. The van der Waals surface area contributed by atoms with E-state index in [-0.39, 0.29) is 51.2 Å². The first-order valence-electron chi connectivity index (χ1n) is 20.7. The molecule has 2 N–H and O–H groups in total. The number of amides is 2. The average molecular weight is 833 g/mol. The molecule has 1 rings (SSSR count). The number of carbonyl (C=O) groups excluding carboxylic acids is 5. The predicted octanol–water partition coefficient (Wildman–Crippen LogP) is 5.17. The molecule has 334 valence electrons. The number of terminal acetylenes is 1. The lowest BCUT2D eigenvalue weighted by molar-refractivity contribution is -0.156. The highest BCUT2D eigenvalue weighted by molar-refractivity contribution is 5.95. The van der Waals surface area contributed by atoms with Gasteiger partial charge in [-0.05, 0) is 81.2 Å². The van der Waals surface area contributed by atoms with Gasteiger partial charge in [0.1, 0.15) is 18.0 Å². The van der Waals surface area contributed by atoms with E-state index < -0.39 is 71.2 Å². The second-order valence-corrected chi connectivity index (χ2v) is 16.7. The van der Waals surface area contributed by atoms with Gasteiger partial charge in [0, 0.05) is 50.4 Å². The average Bonchev–Trinajstić information content (AvgIpc) is 3.14. The fraction of sp³-hybridized carbons (Fsp3) is 0.711. The van der Waals surface area contributed by atoms with Gasteiger partial charge < -0.3 is 43.8 Å². The van der Waals surface area contributed by atoms with Crippen LogP contribution in [-0.4, -0.2) is 118 Å². The molecule has 14 heteroatoms. The summed E-state index contributed by atoms with van der Waals surface area (Å²) in [6.07, 6.45) is 5.67. The lowest BCUT2D eigenvalue weighted by Crippen LogP contribution is -2.55. The van der Waals surface area contributed by atoms with Gasteiger partial charge in [-0.25, -0.2) is 0 Å². The Labute approximate surface area is 352 Å². The van der Waals surface area contributed by atoms with Crippen LogP contribution in [0, 0.1) is 24.2 Å². The quantitative estimate of drug-likeness (QED) is 0.0436. The third-order valence-corrected chi connectivity index (χ3v) is 8.73. The van der Waals surface area contributed by atoms with Crippen molar-refractivity contribution in [3.05, 3.63) is 35.9 Å². The lowest BCUT2D eigenvalue weighted by atomic mass is 9.78. The van der Waals surface area contributed by atoms with Gasteiger partial charge in [0.05, 0.1) is 63.6 Å². The van der Waals surface area contributed by atoms with Crippen molar-refractivity contribution in [3.63, 3.8) is 0 Å². The zero-order chi connectivity index (χ0) is 44.5. The Morgan fingerprint density at radius 1 is 0.763 bits per heavy atom. The van der Waals surface area contributed by atoms with Gasteiger partial charge in [-0.3, -0.25) is 24.0 Å². The minimum absolute atomic E-state index is 0.0908. The molecule has 0 radical (unpaired) electrons. The molecule has 2 amide bonds. The lowest BCUT2D eigenvalue weighted by Gasteiger charge is -2.36. The first-order chi connectivity index (χ1) is 27.7. The number of rotatable bonds is 31. The molecule has 0 aliphatic heterocycles. The van der Waals surface area contributed by atoms with Crippen molar-refractivity contribution in [2.24, 2.45) is 11.8 Å². The zero-order valence-electron chi connectivity index (χ0n) is 37.3. The number of benzene rings is 1. The van der Waals surface area contributed by atoms with Gasteiger partial charge in [0.15, 0.2) is 12.1 Å². The van der Waals surface area contributed by atoms with Gasteiger partial charge in [-0.2, -0.15) is 0 Å². The number of Topliss-reactive ketones (excluding diaryl/α,β-unsaturated/α-hetero) is 2. The Morgan fingerprint density at radius 3 is 1.92 bits per heavy atom. The number of nitrogens with one attached hydrogen (secondary N) is 2. The van der Waals surface area contributed by atoms with Crippen LogP contribution < -0.4 is 10.6 Å². The summed E-state index contributed by atoms with van der Waals surface area (Å²) in [7, 11) is 0. The number of hydrogen-bond donors (Lipinski definition) is 2. The molecule has 0 bridgehead atoms. The summed E-state index contributed by atoms with van der Waals surface area (Å²) in [4.78, 5) is 67.6. The summed E-state index contributed by atoms with van der Waals surface area (Å²) >= 11 is 0. The number of hydrogen-bond acceptors (Lipinski definition) is 12. The van der Waals surface area contributed by atoms with Crippen molar-refractivity contribution in [2.45, 2.75) is 137 Å². The second kappa shape index (κ2) is 27.9. The van der Waals surface area contributed by atoms with Crippen molar-refractivity contribution in [1.29, 1.82) is 0 Å². The molecule has 1 aromatic rings. The minimum Gasteiger partial charge on any atom is -0.460 e. The fourth-order valence-corrected chi connectivity index (χ4v) is 5.86. The monoisotopic (exact) mass is 833 g/mol. The molecular formula is C45H72N2O12. The highest BCUT2D eigenvalue weighted by Crippen LogP contribution is 2.26. The van der Waals surface area contributed by atoms with Crippen molar-refractivity contribution in [3.8, 4) is 12.3 Å². The van der Waals surface area contributed by atoms with Crippen molar-refractivity contribution >= 4 is 29.4 Å². The maximum Gasteiger partial charge on any atom is 0.308 e. The van der Waals surface area contributed by atoms with Gasteiger partial charge in [-0.1, -0.05) is 30.3 Å². The summed E-state index contributed by atoms with van der Waals surface area (Å²) in [5.74, 6) is -1.71. The smallest absolute Gasteiger partial charge is 0.308 e. The van der Waals surface area contributed by atoms with E-state index in [4.69, 9.17) is 39.6 Å². The first-order valence-corrected chi connectivity index (χ1v) is 20.7. The molecule has 0 heterocycles. The summed E-state index contributed by atoms with van der Waals surface area (Å²) in [5, 5.41) is 5.63. The summed E-state index contributed by atoms with van der Waals surface area (Å²) in [6, 6.07) is 8.15. The molecule has 14 nitrogen and oxygen atoms in total. The van der Waals surface area contributed by atoms with Crippen LogP contribution in [0.15, 0.2) is 30.3 Å². The van der Waals surface area contributed by atoms with Crippen molar-refractivity contribution in [1.82, 2.24) is 10.6 Å². The molecule has 0 aromatic heterocycles. The van der Waals surface area contributed by atoms with Crippen molar-refractivity contribution in [2.75, 3.05) is 59.5 Å². The molecule has 0 saturated carbocycles. The van der Waals surface area contributed by atoms with E-state index in [1.54, 1.807) is 34.6 Å². The van der Waals surface area contributed by atoms with Crippen LogP contribution in [0.1, 0.15) is 107 Å². The highest BCUT2D eigenvalue weighted by atomic mass is 16.7. The molecular weight excluding hydrogens is 760 g/mol. The molecule has 0 aliphatic carbocycles. The normalized spacial score (nSPS) is 13.6. The van der Waals surface area contributed by atoms with Gasteiger partial charge in [0.2, 0.25) is 11.8 Å². The van der Waals surface area contributed by atoms with Crippen LogP contribution >= 0.6 is 0 Å². The molecule has 0 unspecified atom stereocenters. The summed E-state index contributed by atoms with van der Waals surface area (Å²) in [5.41, 5.74) is -1.65. The van der Waals surface area contributed by atoms with E-state index in [9.17, 15) is 24.0 Å². The Kier molecular flexibility index (Phi) is 25.2. The number of ketones is 2. The van der Waals surface area contributed by atoms with Crippen LogP contribution in [0.2, 0.25) is 0 Å². The first kappa shape index (κ1) is 53.3.